The van der Waals surface area contributed by atoms with Crippen LogP contribution in [0.4, 0.5) is 11.4 Å². The number of rotatable bonds is 5. The molecule has 0 radical (unpaired) electrons. The minimum absolute atomic E-state index is 0.0532. The van der Waals surface area contributed by atoms with Gasteiger partial charge in [0.2, 0.25) is 0 Å². The standard InChI is InChI=1S/C18H18BrClN2O2/c19-13-4-3-5-15(10-13)24-12-18(23)21-16-11-14(20)6-7-17(16)22-8-1-2-9-22/h3-7,10-11H,1-2,8-9,12H2,(H,21,23). The van der Waals surface area contributed by atoms with Gasteiger partial charge in [-0.25, -0.2) is 0 Å². The topological polar surface area (TPSA) is 41.6 Å². The second-order valence-electron chi connectivity index (χ2n) is 5.65. The van der Waals surface area contributed by atoms with Crippen LogP contribution in [0.25, 0.3) is 0 Å². The molecule has 1 N–H and O–H groups in total. The van der Waals surface area contributed by atoms with Gasteiger partial charge in [0.15, 0.2) is 6.61 Å². The SMILES string of the molecule is O=C(COc1cccc(Br)c1)Nc1cc(Cl)ccc1N1CCCC1. The van der Waals surface area contributed by atoms with Crippen molar-refractivity contribution >= 4 is 44.8 Å². The van der Waals surface area contributed by atoms with E-state index in [2.05, 4.69) is 26.1 Å². The molecule has 0 aromatic heterocycles. The number of amides is 1. The number of hydrogen-bond acceptors (Lipinski definition) is 3. The van der Waals surface area contributed by atoms with Crippen molar-refractivity contribution in [3.63, 3.8) is 0 Å². The highest BCUT2D eigenvalue weighted by Gasteiger charge is 2.17. The quantitative estimate of drug-likeness (QED) is 0.777. The molecule has 2 aromatic rings. The first-order chi connectivity index (χ1) is 11.6. The van der Waals surface area contributed by atoms with Gasteiger partial charge in [-0.15, -0.1) is 0 Å². The summed E-state index contributed by atoms with van der Waals surface area (Å²) in [7, 11) is 0. The third kappa shape index (κ3) is 4.42. The zero-order valence-electron chi connectivity index (χ0n) is 13.1. The highest BCUT2D eigenvalue weighted by atomic mass is 79.9. The predicted molar refractivity (Wildman–Crippen MR) is 101 cm³/mol. The van der Waals surface area contributed by atoms with Crippen molar-refractivity contribution in [2.24, 2.45) is 0 Å². The van der Waals surface area contributed by atoms with E-state index in [0.717, 1.165) is 28.9 Å². The van der Waals surface area contributed by atoms with Crippen LogP contribution in [0, 0.1) is 0 Å². The van der Waals surface area contributed by atoms with Crippen LogP contribution in [0.3, 0.4) is 0 Å². The minimum Gasteiger partial charge on any atom is -0.484 e. The maximum absolute atomic E-state index is 12.2. The second kappa shape index (κ2) is 7.90. The molecule has 6 heteroatoms. The molecular formula is C18H18BrClN2O2. The van der Waals surface area contributed by atoms with Gasteiger partial charge in [0.25, 0.3) is 5.91 Å². The Bertz CT molecular complexity index is 733. The molecule has 1 amide bonds. The van der Waals surface area contributed by atoms with Crippen molar-refractivity contribution in [3.8, 4) is 5.75 Å². The zero-order chi connectivity index (χ0) is 16.9. The monoisotopic (exact) mass is 408 g/mol. The van der Waals surface area contributed by atoms with E-state index in [-0.39, 0.29) is 12.5 Å². The Balaban J connectivity index is 1.66. The third-order valence-electron chi connectivity index (χ3n) is 3.85. The summed E-state index contributed by atoms with van der Waals surface area (Å²) in [5.41, 5.74) is 1.74. The number of nitrogens with one attached hydrogen (secondary N) is 1. The first-order valence-corrected chi connectivity index (χ1v) is 9.01. The molecule has 1 fully saturated rings. The lowest BCUT2D eigenvalue weighted by molar-refractivity contribution is -0.118. The summed E-state index contributed by atoms with van der Waals surface area (Å²) < 4.78 is 6.44. The fourth-order valence-corrected chi connectivity index (χ4v) is 3.28. The number of ether oxygens (including phenoxy) is 1. The van der Waals surface area contributed by atoms with Gasteiger partial charge in [-0.3, -0.25) is 4.79 Å². The van der Waals surface area contributed by atoms with E-state index in [1.165, 1.54) is 12.8 Å². The number of carbonyl (C=O) groups excluding carboxylic acids is 1. The van der Waals surface area contributed by atoms with Gasteiger partial charge in [0, 0.05) is 22.6 Å². The van der Waals surface area contributed by atoms with Gasteiger partial charge in [0.05, 0.1) is 11.4 Å². The van der Waals surface area contributed by atoms with E-state index < -0.39 is 0 Å². The fourth-order valence-electron chi connectivity index (χ4n) is 2.73. The van der Waals surface area contributed by atoms with Crippen LogP contribution in [0.1, 0.15) is 12.8 Å². The molecule has 126 valence electrons. The van der Waals surface area contributed by atoms with Crippen LogP contribution in [-0.4, -0.2) is 25.6 Å². The fraction of sp³-hybridized carbons (Fsp3) is 0.278. The van der Waals surface area contributed by atoms with E-state index in [1.54, 1.807) is 6.07 Å². The lowest BCUT2D eigenvalue weighted by Crippen LogP contribution is -2.24. The van der Waals surface area contributed by atoms with E-state index in [9.17, 15) is 4.79 Å². The molecule has 0 saturated carbocycles. The Labute approximate surface area is 154 Å². The van der Waals surface area contributed by atoms with Crippen LogP contribution < -0.4 is 15.0 Å². The summed E-state index contributed by atoms with van der Waals surface area (Å²) in [6.07, 6.45) is 2.34. The van der Waals surface area contributed by atoms with Crippen molar-refractivity contribution in [2.45, 2.75) is 12.8 Å². The smallest absolute Gasteiger partial charge is 0.262 e. The molecule has 1 aliphatic rings. The highest BCUT2D eigenvalue weighted by molar-refractivity contribution is 9.10. The summed E-state index contributed by atoms with van der Waals surface area (Å²) in [6.45, 7) is 1.94. The van der Waals surface area contributed by atoms with Crippen LogP contribution in [0.15, 0.2) is 46.9 Å². The maximum atomic E-state index is 12.2. The largest absolute Gasteiger partial charge is 0.484 e. The molecular weight excluding hydrogens is 392 g/mol. The van der Waals surface area contributed by atoms with Crippen LogP contribution in [0.5, 0.6) is 5.75 Å². The highest BCUT2D eigenvalue weighted by Crippen LogP contribution is 2.31. The van der Waals surface area contributed by atoms with Crippen molar-refractivity contribution in [1.29, 1.82) is 0 Å². The van der Waals surface area contributed by atoms with Crippen molar-refractivity contribution in [3.05, 3.63) is 52.0 Å². The molecule has 0 atom stereocenters. The normalized spacial score (nSPS) is 13.8. The van der Waals surface area contributed by atoms with Crippen molar-refractivity contribution in [1.82, 2.24) is 0 Å². The molecule has 1 heterocycles. The predicted octanol–water partition coefficient (Wildman–Crippen LogP) is 4.72. The molecule has 0 bridgehead atoms. The molecule has 1 saturated heterocycles. The van der Waals surface area contributed by atoms with Gasteiger partial charge in [0.1, 0.15) is 5.75 Å². The van der Waals surface area contributed by atoms with E-state index >= 15 is 0 Å². The van der Waals surface area contributed by atoms with Crippen LogP contribution in [0.2, 0.25) is 5.02 Å². The number of carbonyl (C=O) groups is 1. The van der Waals surface area contributed by atoms with Crippen molar-refractivity contribution in [2.75, 3.05) is 29.9 Å². The molecule has 4 nitrogen and oxygen atoms in total. The Morgan fingerprint density at radius 1 is 1.21 bits per heavy atom. The Morgan fingerprint density at radius 2 is 2.00 bits per heavy atom. The van der Waals surface area contributed by atoms with E-state index in [4.69, 9.17) is 16.3 Å². The zero-order valence-corrected chi connectivity index (χ0v) is 15.4. The lowest BCUT2D eigenvalue weighted by Gasteiger charge is -2.22. The van der Waals surface area contributed by atoms with E-state index in [1.807, 2.05) is 36.4 Å². The first-order valence-electron chi connectivity index (χ1n) is 7.84. The lowest BCUT2D eigenvalue weighted by atomic mass is 10.2. The van der Waals surface area contributed by atoms with Gasteiger partial charge in [-0.05, 0) is 49.2 Å². The number of hydrogen-bond donors (Lipinski definition) is 1. The minimum atomic E-state index is -0.210. The second-order valence-corrected chi connectivity index (χ2v) is 7.00. The molecule has 2 aromatic carbocycles. The molecule has 3 rings (SSSR count). The number of benzene rings is 2. The average molecular weight is 410 g/mol. The Morgan fingerprint density at radius 3 is 2.75 bits per heavy atom. The molecule has 0 aliphatic carbocycles. The van der Waals surface area contributed by atoms with Gasteiger partial charge in [-0.1, -0.05) is 33.6 Å². The molecule has 0 unspecified atom stereocenters. The van der Waals surface area contributed by atoms with Gasteiger partial charge < -0.3 is 15.0 Å². The summed E-state index contributed by atoms with van der Waals surface area (Å²) in [5, 5.41) is 3.51. The van der Waals surface area contributed by atoms with Gasteiger partial charge >= 0.3 is 0 Å². The van der Waals surface area contributed by atoms with Crippen LogP contribution in [-0.2, 0) is 4.79 Å². The summed E-state index contributed by atoms with van der Waals surface area (Å²) in [5.74, 6) is 0.433. The van der Waals surface area contributed by atoms with E-state index in [0.29, 0.717) is 10.8 Å². The number of nitrogens with zero attached hydrogens (tertiary/aromatic N) is 1. The number of anilines is 2. The Hall–Kier alpha value is -1.72. The molecule has 0 spiro atoms. The average Bonchev–Trinajstić information content (AvgIpc) is 3.07. The Kier molecular flexibility index (Phi) is 5.63. The number of halogens is 2. The summed E-state index contributed by atoms with van der Waals surface area (Å²) in [4.78, 5) is 14.5. The summed E-state index contributed by atoms with van der Waals surface area (Å²) in [6, 6.07) is 13.0. The molecule has 1 aliphatic heterocycles. The summed E-state index contributed by atoms with van der Waals surface area (Å²) >= 11 is 9.47. The van der Waals surface area contributed by atoms with Crippen LogP contribution >= 0.6 is 27.5 Å². The van der Waals surface area contributed by atoms with Gasteiger partial charge in [-0.2, -0.15) is 0 Å². The van der Waals surface area contributed by atoms with Crippen molar-refractivity contribution < 1.29 is 9.53 Å². The first kappa shape index (κ1) is 17.1. The maximum Gasteiger partial charge on any atom is 0.262 e. The third-order valence-corrected chi connectivity index (χ3v) is 4.57. The molecule has 24 heavy (non-hydrogen) atoms.